The van der Waals surface area contributed by atoms with E-state index in [1.165, 1.54) is 4.68 Å². The fraction of sp³-hybridized carbons (Fsp3) is 0.550. The molecule has 1 saturated heterocycles. The van der Waals surface area contributed by atoms with Crippen LogP contribution in [0.4, 0.5) is 0 Å². The lowest BCUT2D eigenvalue weighted by Crippen LogP contribution is -2.38. The van der Waals surface area contributed by atoms with Crippen molar-refractivity contribution in [2.75, 3.05) is 27.3 Å². The van der Waals surface area contributed by atoms with E-state index < -0.39 is 0 Å². The number of aryl methyl sites for hydroxylation is 1. The smallest absolute Gasteiger partial charge is 0.345 e. The van der Waals surface area contributed by atoms with E-state index in [1.54, 1.807) is 39.5 Å². The van der Waals surface area contributed by atoms with Crippen LogP contribution in [-0.2, 0) is 7.05 Å². The Morgan fingerprint density at radius 3 is 2.36 bits per heavy atom. The van der Waals surface area contributed by atoms with Crippen LogP contribution in [0.2, 0.25) is 0 Å². The van der Waals surface area contributed by atoms with Gasteiger partial charge in [-0.2, -0.15) is 5.10 Å². The number of nitrogens with zero attached hydrogens (tertiary/aromatic N) is 4. The Bertz CT molecular complexity index is 936. The maximum absolute atomic E-state index is 12.9. The number of aromatic nitrogens is 3. The number of hydrogen-bond donors (Lipinski definition) is 0. The topological polar surface area (TPSA) is 78.6 Å². The van der Waals surface area contributed by atoms with Gasteiger partial charge in [0.15, 0.2) is 11.5 Å². The van der Waals surface area contributed by atoms with E-state index in [1.807, 2.05) is 9.47 Å². The van der Waals surface area contributed by atoms with Crippen LogP contribution in [0.5, 0.6) is 11.5 Å². The van der Waals surface area contributed by atoms with Crippen molar-refractivity contribution in [2.24, 2.45) is 7.05 Å². The minimum absolute atomic E-state index is 0.0139. The molecule has 4 rings (SSSR count). The Morgan fingerprint density at radius 1 is 1.07 bits per heavy atom. The predicted octanol–water partition coefficient (Wildman–Crippen LogP) is 1.95. The number of likely N-dealkylation sites (tertiary alicyclic amines) is 1. The molecule has 0 spiro atoms. The van der Waals surface area contributed by atoms with Gasteiger partial charge in [0.2, 0.25) is 0 Å². The Hall–Kier alpha value is -2.77. The first kappa shape index (κ1) is 18.6. The number of amides is 1. The third-order valence-electron chi connectivity index (χ3n) is 5.67. The van der Waals surface area contributed by atoms with Gasteiger partial charge in [-0.3, -0.25) is 9.36 Å². The summed E-state index contributed by atoms with van der Waals surface area (Å²) in [5.41, 5.74) is 0.560. The van der Waals surface area contributed by atoms with E-state index in [4.69, 9.17) is 9.47 Å². The summed E-state index contributed by atoms with van der Waals surface area (Å²) in [4.78, 5) is 27.1. The second kappa shape index (κ2) is 7.33. The van der Waals surface area contributed by atoms with Crippen LogP contribution in [0.15, 0.2) is 23.0 Å². The molecule has 1 aliphatic carbocycles. The normalized spacial score (nSPS) is 17.6. The lowest BCUT2D eigenvalue weighted by atomic mass is 9.95. The molecular formula is C20H26N4O4. The van der Waals surface area contributed by atoms with Gasteiger partial charge in [-0.15, -0.1) is 0 Å². The van der Waals surface area contributed by atoms with E-state index in [0.717, 1.165) is 31.5 Å². The molecule has 2 fully saturated rings. The van der Waals surface area contributed by atoms with Gasteiger partial charge in [-0.1, -0.05) is 0 Å². The molecular weight excluding hydrogens is 360 g/mol. The quantitative estimate of drug-likeness (QED) is 0.785. The van der Waals surface area contributed by atoms with Crippen molar-refractivity contribution in [1.82, 2.24) is 19.2 Å². The van der Waals surface area contributed by atoms with E-state index in [0.29, 0.717) is 36.2 Å². The maximum atomic E-state index is 12.9. The molecule has 0 bridgehead atoms. The first-order valence-corrected chi connectivity index (χ1v) is 9.70. The molecule has 0 N–H and O–H groups in total. The van der Waals surface area contributed by atoms with Crippen molar-refractivity contribution >= 4 is 5.91 Å². The first-order chi connectivity index (χ1) is 13.5. The third kappa shape index (κ3) is 3.27. The highest BCUT2D eigenvalue weighted by atomic mass is 16.5. The summed E-state index contributed by atoms with van der Waals surface area (Å²) in [6, 6.07) is 5.54. The number of benzene rings is 1. The highest BCUT2D eigenvalue weighted by Gasteiger charge is 2.34. The number of carbonyl (C=O) groups excluding carboxylic acids is 1. The molecule has 0 radical (unpaired) electrons. The summed E-state index contributed by atoms with van der Waals surface area (Å²) in [6.45, 7) is 1.29. The molecule has 0 atom stereocenters. The Balaban J connectivity index is 1.47. The molecule has 1 aliphatic heterocycles. The van der Waals surface area contributed by atoms with Gasteiger partial charge < -0.3 is 14.4 Å². The summed E-state index contributed by atoms with van der Waals surface area (Å²) >= 11 is 0. The second-order valence-corrected chi connectivity index (χ2v) is 7.50. The van der Waals surface area contributed by atoms with E-state index >= 15 is 0 Å². The number of ether oxygens (including phenoxy) is 2. The van der Waals surface area contributed by atoms with Gasteiger partial charge in [-0.25, -0.2) is 9.48 Å². The lowest BCUT2D eigenvalue weighted by molar-refractivity contribution is 0.0709. The zero-order valence-corrected chi connectivity index (χ0v) is 16.6. The molecule has 0 unspecified atom stereocenters. The molecule has 1 aromatic heterocycles. The van der Waals surface area contributed by atoms with Crippen molar-refractivity contribution in [3.05, 3.63) is 40.1 Å². The Morgan fingerprint density at radius 2 is 1.75 bits per heavy atom. The predicted molar refractivity (Wildman–Crippen MR) is 103 cm³/mol. The standard InChI is InChI=1S/C20H26N4O4/c1-22-20(26)24(15-5-6-15)18(21-22)13-8-10-23(11-9-13)19(25)14-4-7-16(27-2)17(12-14)28-3/h4,7,12-13,15H,5-6,8-11H2,1-3H3. The maximum Gasteiger partial charge on any atom is 0.345 e. The molecule has 2 aliphatic rings. The molecule has 1 amide bonds. The molecule has 1 saturated carbocycles. The number of rotatable bonds is 5. The highest BCUT2D eigenvalue weighted by molar-refractivity contribution is 5.95. The summed E-state index contributed by atoms with van der Waals surface area (Å²) in [5, 5.41) is 4.50. The number of piperidine rings is 1. The van der Waals surface area contributed by atoms with Crippen molar-refractivity contribution in [3.8, 4) is 11.5 Å². The van der Waals surface area contributed by atoms with Crippen molar-refractivity contribution < 1.29 is 14.3 Å². The summed E-state index contributed by atoms with van der Waals surface area (Å²) in [6.07, 6.45) is 3.72. The van der Waals surface area contributed by atoms with Crippen LogP contribution in [0, 0.1) is 0 Å². The minimum Gasteiger partial charge on any atom is -0.493 e. The van der Waals surface area contributed by atoms with Crippen LogP contribution < -0.4 is 15.2 Å². The lowest BCUT2D eigenvalue weighted by Gasteiger charge is -2.31. The van der Waals surface area contributed by atoms with Gasteiger partial charge in [0.05, 0.1) is 14.2 Å². The molecule has 8 nitrogen and oxygen atoms in total. The van der Waals surface area contributed by atoms with Crippen LogP contribution in [-0.4, -0.2) is 52.5 Å². The zero-order valence-electron chi connectivity index (χ0n) is 16.6. The van der Waals surface area contributed by atoms with Gasteiger partial charge in [0.25, 0.3) is 5.91 Å². The largest absolute Gasteiger partial charge is 0.493 e. The van der Waals surface area contributed by atoms with Crippen molar-refractivity contribution in [3.63, 3.8) is 0 Å². The molecule has 2 aromatic rings. The van der Waals surface area contributed by atoms with Crippen LogP contribution >= 0.6 is 0 Å². The second-order valence-electron chi connectivity index (χ2n) is 7.50. The van der Waals surface area contributed by atoms with Crippen LogP contribution in [0.25, 0.3) is 0 Å². The SMILES string of the molecule is COc1ccc(C(=O)N2CCC(c3nn(C)c(=O)n3C3CC3)CC2)cc1OC. The average molecular weight is 386 g/mol. The van der Waals surface area contributed by atoms with Gasteiger partial charge in [0, 0.05) is 37.7 Å². The molecule has 2 heterocycles. The van der Waals surface area contributed by atoms with Crippen LogP contribution in [0.1, 0.15) is 53.8 Å². The van der Waals surface area contributed by atoms with Crippen LogP contribution in [0.3, 0.4) is 0 Å². The number of hydrogen-bond acceptors (Lipinski definition) is 5. The summed E-state index contributed by atoms with van der Waals surface area (Å²) < 4.78 is 13.9. The van der Waals surface area contributed by atoms with E-state index in [2.05, 4.69) is 5.10 Å². The van der Waals surface area contributed by atoms with Gasteiger partial charge >= 0.3 is 5.69 Å². The number of carbonyl (C=O) groups is 1. The summed E-state index contributed by atoms with van der Waals surface area (Å²) in [7, 11) is 4.84. The van der Waals surface area contributed by atoms with E-state index in [-0.39, 0.29) is 17.5 Å². The molecule has 28 heavy (non-hydrogen) atoms. The van der Waals surface area contributed by atoms with Crippen molar-refractivity contribution in [2.45, 2.75) is 37.6 Å². The zero-order chi connectivity index (χ0) is 19.8. The highest BCUT2D eigenvalue weighted by Crippen LogP contribution is 2.37. The van der Waals surface area contributed by atoms with E-state index in [9.17, 15) is 9.59 Å². The number of methoxy groups -OCH3 is 2. The fourth-order valence-corrected chi connectivity index (χ4v) is 3.95. The molecule has 150 valence electrons. The van der Waals surface area contributed by atoms with Gasteiger partial charge in [-0.05, 0) is 43.9 Å². The average Bonchev–Trinajstić information content (AvgIpc) is 3.52. The fourth-order valence-electron chi connectivity index (χ4n) is 3.95. The Kier molecular flexibility index (Phi) is 4.87. The molecule has 1 aromatic carbocycles. The first-order valence-electron chi connectivity index (χ1n) is 9.70. The third-order valence-corrected chi connectivity index (χ3v) is 5.67. The Labute approximate surface area is 163 Å². The van der Waals surface area contributed by atoms with Crippen molar-refractivity contribution in [1.29, 1.82) is 0 Å². The minimum atomic E-state index is -0.0265. The monoisotopic (exact) mass is 386 g/mol. The molecule has 8 heteroatoms. The summed E-state index contributed by atoms with van der Waals surface area (Å²) in [5.74, 6) is 2.23. The van der Waals surface area contributed by atoms with Gasteiger partial charge in [0.1, 0.15) is 5.82 Å².